The highest BCUT2D eigenvalue weighted by molar-refractivity contribution is 5.32. The van der Waals surface area contributed by atoms with Crippen molar-refractivity contribution in [3.63, 3.8) is 0 Å². The second-order valence-electron chi connectivity index (χ2n) is 4.23. The summed E-state index contributed by atoms with van der Waals surface area (Å²) in [6.45, 7) is 2.78. The van der Waals surface area contributed by atoms with E-state index in [9.17, 15) is 0 Å². The summed E-state index contributed by atoms with van der Waals surface area (Å²) in [6, 6.07) is 16.2. The molecule has 0 fully saturated rings. The fourth-order valence-corrected chi connectivity index (χ4v) is 1.87. The highest BCUT2D eigenvalue weighted by atomic mass is 16.5. The number of hydrogen-bond donors (Lipinski definition) is 1. The van der Waals surface area contributed by atoms with E-state index in [0.29, 0.717) is 6.61 Å². The molecule has 0 saturated heterocycles. The molecule has 0 unspecified atom stereocenters. The molecule has 0 saturated carbocycles. The number of benzene rings is 2. The summed E-state index contributed by atoms with van der Waals surface area (Å²) in [5, 5.41) is 8.99. The molecular weight excluding hydrogens is 224 g/mol. The van der Waals surface area contributed by atoms with Crippen molar-refractivity contribution in [2.24, 2.45) is 0 Å². The molecule has 2 heteroatoms. The molecule has 2 rings (SSSR count). The second kappa shape index (κ2) is 6.22. The molecule has 0 aliphatic heterocycles. The predicted octanol–water partition coefficient (Wildman–Crippen LogP) is 3.17. The average molecular weight is 242 g/mol. The van der Waals surface area contributed by atoms with E-state index in [0.717, 1.165) is 17.7 Å². The van der Waals surface area contributed by atoms with Gasteiger partial charge in [-0.25, -0.2) is 0 Å². The van der Waals surface area contributed by atoms with Crippen LogP contribution in [0.1, 0.15) is 23.6 Å². The Kier molecular flexibility index (Phi) is 4.37. The normalized spacial score (nSPS) is 10.3. The van der Waals surface area contributed by atoms with Crippen molar-refractivity contribution in [3.8, 4) is 5.75 Å². The number of aliphatic hydroxyl groups is 1. The van der Waals surface area contributed by atoms with Crippen LogP contribution >= 0.6 is 0 Å². The van der Waals surface area contributed by atoms with E-state index in [-0.39, 0.29) is 6.61 Å². The van der Waals surface area contributed by atoms with Gasteiger partial charge in [0.15, 0.2) is 0 Å². The zero-order valence-electron chi connectivity index (χ0n) is 10.6. The van der Waals surface area contributed by atoms with Crippen molar-refractivity contribution < 1.29 is 9.84 Å². The molecule has 0 aliphatic rings. The van der Waals surface area contributed by atoms with Crippen LogP contribution in [-0.4, -0.2) is 11.7 Å². The first-order valence-electron chi connectivity index (χ1n) is 6.22. The van der Waals surface area contributed by atoms with Gasteiger partial charge in [0.25, 0.3) is 0 Å². The Bertz CT molecular complexity index is 471. The number of aliphatic hydroxyl groups excluding tert-OH is 1. The Morgan fingerprint density at radius 3 is 1.83 bits per heavy atom. The van der Waals surface area contributed by atoms with Crippen molar-refractivity contribution in [1.82, 2.24) is 0 Å². The smallest absolute Gasteiger partial charge is 0.119 e. The van der Waals surface area contributed by atoms with E-state index in [1.165, 1.54) is 11.1 Å². The minimum atomic E-state index is 0.101. The Morgan fingerprint density at radius 2 is 1.33 bits per heavy atom. The third-order valence-corrected chi connectivity index (χ3v) is 2.85. The molecule has 0 amide bonds. The second-order valence-corrected chi connectivity index (χ2v) is 4.23. The molecule has 18 heavy (non-hydrogen) atoms. The monoisotopic (exact) mass is 242 g/mol. The molecule has 0 aliphatic carbocycles. The maximum atomic E-state index is 8.99. The lowest BCUT2D eigenvalue weighted by molar-refractivity contribution is 0.282. The van der Waals surface area contributed by atoms with Crippen LogP contribution in [0, 0.1) is 0 Å². The van der Waals surface area contributed by atoms with Crippen LogP contribution in [-0.2, 0) is 13.0 Å². The van der Waals surface area contributed by atoms with Gasteiger partial charge in [-0.1, -0.05) is 36.4 Å². The maximum Gasteiger partial charge on any atom is 0.119 e. The third kappa shape index (κ3) is 3.34. The summed E-state index contributed by atoms with van der Waals surface area (Å²) in [7, 11) is 0. The van der Waals surface area contributed by atoms with E-state index in [4.69, 9.17) is 9.84 Å². The Balaban J connectivity index is 2.03. The van der Waals surface area contributed by atoms with Gasteiger partial charge in [0.05, 0.1) is 13.2 Å². The summed E-state index contributed by atoms with van der Waals surface area (Å²) >= 11 is 0. The van der Waals surface area contributed by atoms with E-state index >= 15 is 0 Å². The van der Waals surface area contributed by atoms with E-state index in [2.05, 4.69) is 24.3 Å². The first kappa shape index (κ1) is 12.7. The van der Waals surface area contributed by atoms with Gasteiger partial charge < -0.3 is 9.84 Å². The van der Waals surface area contributed by atoms with Gasteiger partial charge in [0.2, 0.25) is 0 Å². The highest BCUT2D eigenvalue weighted by Gasteiger charge is 1.98. The van der Waals surface area contributed by atoms with Gasteiger partial charge in [0.1, 0.15) is 5.75 Å². The van der Waals surface area contributed by atoms with Crippen molar-refractivity contribution in [1.29, 1.82) is 0 Å². The molecule has 0 bridgehead atoms. The molecule has 2 nitrogen and oxygen atoms in total. The van der Waals surface area contributed by atoms with E-state index < -0.39 is 0 Å². The van der Waals surface area contributed by atoms with Gasteiger partial charge in [-0.05, 0) is 42.2 Å². The highest BCUT2D eigenvalue weighted by Crippen LogP contribution is 2.15. The molecule has 1 N–H and O–H groups in total. The quantitative estimate of drug-likeness (QED) is 0.872. The van der Waals surface area contributed by atoms with E-state index in [1.54, 1.807) is 0 Å². The maximum absolute atomic E-state index is 8.99. The van der Waals surface area contributed by atoms with Crippen molar-refractivity contribution in [2.75, 3.05) is 6.61 Å². The Morgan fingerprint density at radius 1 is 0.833 bits per heavy atom. The molecule has 0 heterocycles. The zero-order chi connectivity index (χ0) is 12.8. The molecule has 2 aromatic rings. The van der Waals surface area contributed by atoms with Gasteiger partial charge >= 0.3 is 0 Å². The van der Waals surface area contributed by atoms with Gasteiger partial charge in [0, 0.05) is 0 Å². The van der Waals surface area contributed by atoms with Gasteiger partial charge in [-0.3, -0.25) is 0 Å². The predicted molar refractivity (Wildman–Crippen MR) is 72.8 cm³/mol. The lowest BCUT2D eigenvalue weighted by Crippen LogP contribution is -1.93. The van der Waals surface area contributed by atoms with Crippen LogP contribution in [0.15, 0.2) is 48.5 Å². The Labute approximate surface area is 108 Å². The number of ether oxygens (including phenoxy) is 1. The van der Waals surface area contributed by atoms with Crippen LogP contribution in [0.4, 0.5) is 0 Å². The first-order chi connectivity index (χ1) is 8.81. The van der Waals surface area contributed by atoms with Crippen molar-refractivity contribution >= 4 is 0 Å². The fraction of sp³-hybridized carbons (Fsp3) is 0.250. The van der Waals surface area contributed by atoms with Crippen LogP contribution in [0.3, 0.4) is 0 Å². The average Bonchev–Trinajstić information content (AvgIpc) is 2.42. The van der Waals surface area contributed by atoms with E-state index in [1.807, 2.05) is 31.2 Å². The summed E-state index contributed by atoms with van der Waals surface area (Å²) in [6.07, 6.45) is 0.901. The fourth-order valence-electron chi connectivity index (χ4n) is 1.87. The molecule has 94 valence electrons. The third-order valence-electron chi connectivity index (χ3n) is 2.85. The van der Waals surface area contributed by atoms with Crippen LogP contribution in [0.5, 0.6) is 5.75 Å². The minimum absolute atomic E-state index is 0.101. The zero-order valence-corrected chi connectivity index (χ0v) is 10.6. The number of hydrogen-bond acceptors (Lipinski definition) is 2. The van der Waals surface area contributed by atoms with Gasteiger partial charge in [-0.15, -0.1) is 0 Å². The van der Waals surface area contributed by atoms with Crippen molar-refractivity contribution in [3.05, 3.63) is 65.2 Å². The van der Waals surface area contributed by atoms with Crippen LogP contribution in [0.25, 0.3) is 0 Å². The molecule has 0 radical (unpaired) electrons. The largest absolute Gasteiger partial charge is 0.494 e. The molecular formula is C16H18O2. The topological polar surface area (TPSA) is 29.5 Å². The summed E-state index contributed by atoms with van der Waals surface area (Å²) in [4.78, 5) is 0. The standard InChI is InChI=1S/C16H18O2/c1-2-18-16-9-7-14(8-10-16)11-13-3-5-15(12-17)6-4-13/h3-10,17H,2,11-12H2,1H3. The molecule has 0 atom stereocenters. The van der Waals surface area contributed by atoms with Crippen LogP contribution < -0.4 is 4.74 Å². The SMILES string of the molecule is CCOc1ccc(Cc2ccc(CO)cc2)cc1. The lowest BCUT2D eigenvalue weighted by atomic mass is 10.0. The van der Waals surface area contributed by atoms with Gasteiger partial charge in [-0.2, -0.15) is 0 Å². The molecule has 0 aromatic heterocycles. The summed E-state index contributed by atoms with van der Waals surface area (Å²) in [5.74, 6) is 0.914. The molecule has 0 spiro atoms. The minimum Gasteiger partial charge on any atom is -0.494 e. The summed E-state index contributed by atoms with van der Waals surface area (Å²) in [5.41, 5.74) is 3.46. The Hall–Kier alpha value is -1.80. The summed E-state index contributed by atoms with van der Waals surface area (Å²) < 4.78 is 5.41. The lowest BCUT2D eigenvalue weighted by Gasteiger charge is -2.06. The molecule has 2 aromatic carbocycles. The first-order valence-corrected chi connectivity index (χ1v) is 6.22. The van der Waals surface area contributed by atoms with Crippen molar-refractivity contribution in [2.45, 2.75) is 20.0 Å². The van der Waals surface area contributed by atoms with Crippen LogP contribution in [0.2, 0.25) is 0 Å². The number of rotatable bonds is 5.